The maximum Gasteiger partial charge on any atom is 0.298 e. The zero-order valence-electron chi connectivity index (χ0n) is 8.14. The molecule has 2 rings (SSSR count). The fourth-order valence-corrected chi connectivity index (χ4v) is 1.60. The third-order valence-corrected chi connectivity index (χ3v) is 2.30. The van der Waals surface area contributed by atoms with E-state index in [9.17, 15) is 4.79 Å². The molecule has 15 heavy (non-hydrogen) atoms. The number of hydrogen-bond donors (Lipinski definition) is 0. The van der Waals surface area contributed by atoms with Crippen LogP contribution in [0.3, 0.4) is 0 Å². The topological polar surface area (TPSA) is 26.3 Å². The van der Waals surface area contributed by atoms with Gasteiger partial charge in [0.25, 0.3) is 6.47 Å². The molecule has 0 amide bonds. The van der Waals surface area contributed by atoms with Gasteiger partial charge in [0.2, 0.25) is 0 Å². The van der Waals surface area contributed by atoms with Crippen molar-refractivity contribution in [3.8, 4) is 5.75 Å². The van der Waals surface area contributed by atoms with Crippen molar-refractivity contribution in [2.45, 2.75) is 0 Å². The lowest BCUT2D eigenvalue weighted by Crippen LogP contribution is -1.92. The zero-order valence-corrected chi connectivity index (χ0v) is 8.14. The summed E-state index contributed by atoms with van der Waals surface area (Å²) in [6, 6.07) is 11.6. The maximum atomic E-state index is 10.4. The summed E-state index contributed by atoms with van der Waals surface area (Å²) in [5, 5.41) is 1.96. The third kappa shape index (κ3) is 1.62. The third-order valence-electron chi connectivity index (χ3n) is 2.30. The minimum absolute atomic E-state index is 0.439. The van der Waals surface area contributed by atoms with Crippen LogP contribution in [0.15, 0.2) is 43.0 Å². The molecular weight excluding hydrogens is 188 g/mol. The Labute approximate surface area is 87.8 Å². The Balaban J connectivity index is 2.77. The van der Waals surface area contributed by atoms with E-state index < -0.39 is 0 Å². The predicted octanol–water partition coefficient (Wildman–Crippen LogP) is 3.02. The number of fused-ring (bicyclic) bond motifs is 1. The van der Waals surface area contributed by atoms with E-state index >= 15 is 0 Å². The largest absolute Gasteiger partial charge is 0.427 e. The molecule has 0 saturated carbocycles. The van der Waals surface area contributed by atoms with Gasteiger partial charge in [-0.25, -0.2) is 0 Å². The summed E-state index contributed by atoms with van der Waals surface area (Å²) >= 11 is 0. The minimum atomic E-state index is 0.439. The Bertz CT molecular complexity index is 515. The molecule has 0 N–H and O–H groups in total. The quantitative estimate of drug-likeness (QED) is 0.708. The van der Waals surface area contributed by atoms with Crippen molar-refractivity contribution >= 4 is 23.3 Å². The van der Waals surface area contributed by atoms with Crippen molar-refractivity contribution in [2.75, 3.05) is 0 Å². The van der Waals surface area contributed by atoms with Crippen molar-refractivity contribution in [1.29, 1.82) is 0 Å². The van der Waals surface area contributed by atoms with Gasteiger partial charge in [0, 0.05) is 10.9 Å². The number of hydrogen-bond acceptors (Lipinski definition) is 2. The molecule has 0 unspecified atom stereocenters. The van der Waals surface area contributed by atoms with Crippen LogP contribution in [0.4, 0.5) is 0 Å². The summed E-state index contributed by atoms with van der Waals surface area (Å²) in [5.74, 6) is 0.568. The Morgan fingerprint density at radius 1 is 1.13 bits per heavy atom. The van der Waals surface area contributed by atoms with Crippen LogP contribution in [0, 0.1) is 0 Å². The first-order valence-corrected chi connectivity index (χ1v) is 4.61. The van der Waals surface area contributed by atoms with E-state index in [0.29, 0.717) is 12.2 Å². The second-order valence-corrected chi connectivity index (χ2v) is 3.12. The van der Waals surface area contributed by atoms with Gasteiger partial charge >= 0.3 is 0 Å². The van der Waals surface area contributed by atoms with Crippen LogP contribution >= 0.6 is 0 Å². The SMILES string of the molecule is C=Cc1ccc2ccccc2c1OC=O. The van der Waals surface area contributed by atoms with Crippen molar-refractivity contribution in [1.82, 2.24) is 0 Å². The first-order valence-electron chi connectivity index (χ1n) is 4.61. The van der Waals surface area contributed by atoms with Crippen LogP contribution in [0.25, 0.3) is 16.8 Å². The second kappa shape index (κ2) is 3.96. The molecule has 0 radical (unpaired) electrons. The van der Waals surface area contributed by atoms with Gasteiger partial charge in [-0.1, -0.05) is 49.1 Å². The Hall–Kier alpha value is -2.09. The summed E-state index contributed by atoms with van der Waals surface area (Å²) in [6.45, 7) is 4.12. The first-order chi connectivity index (χ1) is 7.36. The Morgan fingerprint density at radius 3 is 2.67 bits per heavy atom. The van der Waals surface area contributed by atoms with Crippen molar-refractivity contribution < 1.29 is 9.53 Å². The fraction of sp³-hybridized carbons (Fsp3) is 0. The molecule has 0 atom stereocenters. The molecule has 74 valence electrons. The zero-order chi connectivity index (χ0) is 10.7. The molecule has 2 aromatic carbocycles. The highest BCUT2D eigenvalue weighted by Crippen LogP contribution is 2.30. The van der Waals surface area contributed by atoms with Crippen molar-refractivity contribution in [2.24, 2.45) is 0 Å². The fourth-order valence-electron chi connectivity index (χ4n) is 1.60. The molecule has 0 aliphatic rings. The van der Waals surface area contributed by atoms with Gasteiger partial charge < -0.3 is 4.74 Å². The molecule has 0 aromatic heterocycles. The average Bonchev–Trinajstić information content (AvgIpc) is 2.30. The molecule has 2 aromatic rings. The van der Waals surface area contributed by atoms with Crippen LogP contribution < -0.4 is 4.74 Å². The van der Waals surface area contributed by atoms with Gasteiger partial charge in [-0.05, 0) is 5.39 Å². The monoisotopic (exact) mass is 198 g/mol. The van der Waals surface area contributed by atoms with E-state index in [1.165, 1.54) is 0 Å². The van der Waals surface area contributed by atoms with E-state index in [1.807, 2.05) is 36.4 Å². The number of ether oxygens (including phenoxy) is 1. The van der Waals surface area contributed by atoms with Gasteiger partial charge in [-0.15, -0.1) is 0 Å². The lowest BCUT2D eigenvalue weighted by Gasteiger charge is -2.07. The van der Waals surface area contributed by atoms with Crippen LogP contribution in [-0.4, -0.2) is 6.47 Å². The molecule has 0 aliphatic carbocycles. The highest BCUT2D eigenvalue weighted by molar-refractivity contribution is 5.92. The minimum Gasteiger partial charge on any atom is -0.427 e. The van der Waals surface area contributed by atoms with Gasteiger partial charge in [0.05, 0.1) is 0 Å². The maximum absolute atomic E-state index is 10.4. The van der Waals surface area contributed by atoms with E-state index in [4.69, 9.17) is 4.74 Å². The second-order valence-electron chi connectivity index (χ2n) is 3.12. The highest BCUT2D eigenvalue weighted by Gasteiger charge is 2.05. The van der Waals surface area contributed by atoms with Crippen LogP contribution in [-0.2, 0) is 4.79 Å². The Kier molecular flexibility index (Phi) is 2.50. The highest BCUT2D eigenvalue weighted by atomic mass is 16.5. The number of rotatable bonds is 3. The van der Waals surface area contributed by atoms with Gasteiger partial charge in [-0.2, -0.15) is 0 Å². The first kappa shape index (κ1) is 9.46. The molecule has 0 bridgehead atoms. The van der Waals surface area contributed by atoms with Crippen LogP contribution in [0.2, 0.25) is 0 Å². The Morgan fingerprint density at radius 2 is 1.93 bits per heavy atom. The van der Waals surface area contributed by atoms with Crippen LogP contribution in [0.5, 0.6) is 5.75 Å². The molecule has 0 aliphatic heterocycles. The number of carbonyl (C=O) groups is 1. The normalized spacial score (nSPS) is 9.87. The van der Waals surface area contributed by atoms with Crippen molar-refractivity contribution in [3.63, 3.8) is 0 Å². The van der Waals surface area contributed by atoms with E-state index in [0.717, 1.165) is 16.3 Å². The number of carbonyl (C=O) groups excluding carboxylic acids is 1. The summed E-state index contributed by atoms with van der Waals surface area (Å²) in [4.78, 5) is 10.4. The van der Waals surface area contributed by atoms with Gasteiger partial charge in [0.15, 0.2) is 0 Å². The standard InChI is InChI=1S/C13H10O2/c1-2-10-7-8-11-5-3-4-6-12(11)13(10)15-9-14/h2-9H,1H2. The van der Waals surface area contributed by atoms with Gasteiger partial charge in [-0.3, -0.25) is 4.79 Å². The smallest absolute Gasteiger partial charge is 0.298 e. The average molecular weight is 198 g/mol. The summed E-state index contributed by atoms with van der Waals surface area (Å²) in [5.41, 5.74) is 0.820. The van der Waals surface area contributed by atoms with E-state index in [-0.39, 0.29) is 0 Å². The van der Waals surface area contributed by atoms with E-state index in [1.54, 1.807) is 6.08 Å². The lowest BCUT2D eigenvalue weighted by molar-refractivity contribution is -0.120. The molecule has 0 fully saturated rings. The number of benzene rings is 2. The van der Waals surface area contributed by atoms with E-state index in [2.05, 4.69) is 6.58 Å². The summed E-state index contributed by atoms with van der Waals surface area (Å²) < 4.78 is 4.99. The molecule has 2 heteroatoms. The molecular formula is C13H10O2. The molecule has 0 spiro atoms. The van der Waals surface area contributed by atoms with Crippen LogP contribution in [0.1, 0.15) is 5.56 Å². The molecule has 0 saturated heterocycles. The summed E-state index contributed by atoms with van der Waals surface area (Å²) in [6.07, 6.45) is 1.67. The summed E-state index contributed by atoms with van der Waals surface area (Å²) in [7, 11) is 0. The predicted molar refractivity (Wildman–Crippen MR) is 60.7 cm³/mol. The molecule has 2 nitrogen and oxygen atoms in total. The van der Waals surface area contributed by atoms with Gasteiger partial charge in [0.1, 0.15) is 5.75 Å². The van der Waals surface area contributed by atoms with Crippen molar-refractivity contribution in [3.05, 3.63) is 48.5 Å². The molecule has 0 heterocycles. The lowest BCUT2D eigenvalue weighted by atomic mass is 10.1.